The van der Waals surface area contributed by atoms with E-state index >= 15 is 0 Å². The number of aromatic nitrogens is 2. The van der Waals surface area contributed by atoms with Crippen molar-refractivity contribution in [2.24, 2.45) is 0 Å². The highest BCUT2D eigenvalue weighted by molar-refractivity contribution is 5.93. The van der Waals surface area contributed by atoms with Crippen molar-refractivity contribution in [3.8, 4) is 0 Å². The number of carbonyl (C=O) groups excluding carboxylic acids is 1. The topological polar surface area (TPSA) is 69.6 Å². The third kappa shape index (κ3) is 4.14. The molecule has 0 bridgehead atoms. The molecule has 3 rings (SSSR count). The van der Waals surface area contributed by atoms with Gasteiger partial charge in [0.1, 0.15) is 5.82 Å². The quantitative estimate of drug-likeness (QED) is 0.920. The Morgan fingerprint density at radius 2 is 2.24 bits per heavy atom. The van der Waals surface area contributed by atoms with Crippen molar-refractivity contribution in [3.63, 3.8) is 0 Å². The molecule has 1 aliphatic heterocycles. The Hall–Kier alpha value is -2.47. The lowest BCUT2D eigenvalue weighted by molar-refractivity contribution is -0.000144. The minimum Gasteiger partial charge on any atom is -0.386 e. The van der Waals surface area contributed by atoms with Crippen LogP contribution in [0.2, 0.25) is 0 Å². The predicted octanol–water partition coefficient (Wildman–Crippen LogP) is 1.89. The molecule has 0 aromatic carbocycles. The first-order chi connectivity index (χ1) is 12.0. The monoisotopic (exact) mass is 340 g/mol. The van der Waals surface area contributed by atoms with E-state index in [0.717, 1.165) is 24.3 Å². The number of anilines is 1. The van der Waals surface area contributed by atoms with E-state index in [1.54, 1.807) is 30.5 Å². The normalized spacial score (nSPS) is 20.4. The predicted molar refractivity (Wildman–Crippen MR) is 96.6 cm³/mol. The Bertz CT molecular complexity index is 737. The van der Waals surface area contributed by atoms with Gasteiger partial charge in [-0.15, -0.1) is 0 Å². The van der Waals surface area contributed by atoms with Crippen LogP contribution >= 0.6 is 0 Å². The van der Waals surface area contributed by atoms with Gasteiger partial charge >= 0.3 is 0 Å². The summed E-state index contributed by atoms with van der Waals surface area (Å²) in [5.74, 6) is 0.733. The van der Waals surface area contributed by atoms with Gasteiger partial charge in [0.15, 0.2) is 0 Å². The van der Waals surface area contributed by atoms with Gasteiger partial charge in [-0.05, 0) is 43.5 Å². The molecular weight excluding hydrogens is 316 g/mol. The van der Waals surface area contributed by atoms with Crippen molar-refractivity contribution in [3.05, 3.63) is 54.0 Å². The van der Waals surface area contributed by atoms with E-state index in [1.165, 1.54) is 0 Å². The molecule has 1 N–H and O–H groups in total. The molecular formula is C19H24N4O2. The number of hydrogen-bond acceptors (Lipinski definition) is 5. The van der Waals surface area contributed by atoms with Crippen LogP contribution in [-0.4, -0.2) is 58.2 Å². The maximum Gasteiger partial charge on any atom is 0.255 e. The number of pyridine rings is 2. The van der Waals surface area contributed by atoms with E-state index in [1.807, 2.05) is 31.2 Å². The molecule has 0 spiro atoms. The summed E-state index contributed by atoms with van der Waals surface area (Å²) >= 11 is 0. The van der Waals surface area contributed by atoms with Crippen LogP contribution in [0.25, 0.3) is 0 Å². The van der Waals surface area contributed by atoms with Gasteiger partial charge in [-0.3, -0.25) is 9.78 Å². The molecule has 1 fully saturated rings. The van der Waals surface area contributed by atoms with Gasteiger partial charge < -0.3 is 14.9 Å². The zero-order valence-electron chi connectivity index (χ0n) is 14.7. The van der Waals surface area contributed by atoms with E-state index in [4.69, 9.17) is 0 Å². The molecule has 2 aromatic rings. The fourth-order valence-corrected chi connectivity index (χ4v) is 3.38. The average molecular weight is 340 g/mol. The third-order valence-electron chi connectivity index (χ3n) is 4.53. The zero-order valence-corrected chi connectivity index (χ0v) is 14.7. The van der Waals surface area contributed by atoms with Gasteiger partial charge in [0.2, 0.25) is 0 Å². The van der Waals surface area contributed by atoms with Crippen molar-refractivity contribution in [1.82, 2.24) is 14.9 Å². The number of carbonyl (C=O) groups is 1. The Labute approximate surface area is 148 Å². The molecule has 6 heteroatoms. The van der Waals surface area contributed by atoms with Crippen LogP contribution in [0.3, 0.4) is 0 Å². The van der Waals surface area contributed by atoms with Gasteiger partial charge in [0.25, 0.3) is 5.91 Å². The van der Waals surface area contributed by atoms with E-state index in [9.17, 15) is 9.90 Å². The second-order valence-corrected chi connectivity index (χ2v) is 6.85. The number of aliphatic hydroxyl groups is 1. The highest BCUT2D eigenvalue weighted by Gasteiger charge is 2.36. The van der Waals surface area contributed by atoms with Gasteiger partial charge in [0.05, 0.1) is 17.7 Å². The molecule has 1 aliphatic rings. The Kier molecular flexibility index (Phi) is 4.99. The van der Waals surface area contributed by atoms with Crippen molar-refractivity contribution >= 4 is 11.7 Å². The summed E-state index contributed by atoms with van der Waals surface area (Å²) in [6.07, 6.45) is 6.57. The molecule has 0 radical (unpaired) electrons. The summed E-state index contributed by atoms with van der Waals surface area (Å²) in [6.45, 7) is 3.51. The summed E-state index contributed by atoms with van der Waals surface area (Å²) in [5.41, 5.74) is 0.540. The zero-order chi connectivity index (χ0) is 17.9. The molecule has 0 aliphatic carbocycles. The molecule has 0 saturated carbocycles. The molecule has 2 aromatic heterocycles. The molecule has 25 heavy (non-hydrogen) atoms. The van der Waals surface area contributed by atoms with Crippen LogP contribution in [-0.2, 0) is 0 Å². The molecule has 1 saturated heterocycles. The lowest BCUT2D eigenvalue weighted by Gasteiger charge is -2.41. The number of nitrogens with zero attached hydrogens (tertiary/aromatic N) is 4. The third-order valence-corrected chi connectivity index (χ3v) is 4.53. The standard InChI is InChI=1S/C19H24N4O2/c1-15-10-16(12-20-11-15)18(24)22(2)13-19(25)7-5-9-23(14-19)17-6-3-4-8-21-17/h3-4,6,8,10-12,25H,5,7,9,13-14H2,1-2H3/t19-/m1/s1. The fraction of sp³-hybridized carbons (Fsp3) is 0.421. The number of β-amino-alcohol motifs (C(OH)–C–C–N with tert-alkyl or cyclic N) is 1. The molecule has 1 amide bonds. The van der Waals surface area contributed by atoms with Crippen molar-refractivity contribution in [2.45, 2.75) is 25.4 Å². The van der Waals surface area contributed by atoms with Gasteiger partial charge in [0, 0.05) is 38.7 Å². The number of amides is 1. The first kappa shape index (κ1) is 17.4. The van der Waals surface area contributed by atoms with E-state index in [2.05, 4.69) is 14.9 Å². The Morgan fingerprint density at radius 1 is 1.40 bits per heavy atom. The number of likely N-dealkylation sites (N-methyl/N-ethyl adjacent to an activating group) is 1. The molecule has 6 nitrogen and oxygen atoms in total. The smallest absolute Gasteiger partial charge is 0.255 e. The average Bonchev–Trinajstić information content (AvgIpc) is 2.61. The first-order valence-corrected chi connectivity index (χ1v) is 8.52. The Balaban J connectivity index is 1.69. The van der Waals surface area contributed by atoms with Crippen LogP contribution < -0.4 is 4.90 Å². The summed E-state index contributed by atoms with van der Waals surface area (Å²) < 4.78 is 0. The van der Waals surface area contributed by atoms with Gasteiger partial charge in [-0.2, -0.15) is 0 Å². The van der Waals surface area contributed by atoms with Crippen LogP contribution in [0.4, 0.5) is 5.82 Å². The minimum atomic E-state index is -0.947. The van der Waals surface area contributed by atoms with E-state index < -0.39 is 5.60 Å². The van der Waals surface area contributed by atoms with Crippen molar-refractivity contribution in [2.75, 3.05) is 31.6 Å². The summed E-state index contributed by atoms with van der Waals surface area (Å²) in [6, 6.07) is 7.58. The van der Waals surface area contributed by atoms with Gasteiger partial charge in [-0.25, -0.2) is 4.98 Å². The minimum absolute atomic E-state index is 0.125. The van der Waals surface area contributed by atoms with Crippen LogP contribution in [0, 0.1) is 6.92 Å². The number of rotatable bonds is 4. The lowest BCUT2D eigenvalue weighted by atomic mass is 9.92. The van der Waals surface area contributed by atoms with Crippen LogP contribution in [0.1, 0.15) is 28.8 Å². The highest BCUT2D eigenvalue weighted by atomic mass is 16.3. The highest BCUT2D eigenvalue weighted by Crippen LogP contribution is 2.25. The van der Waals surface area contributed by atoms with Crippen molar-refractivity contribution in [1.29, 1.82) is 0 Å². The molecule has 132 valence electrons. The van der Waals surface area contributed by atoms with E-state index in [-0.39, 0.29) is 12.5 Å². The SMILES string of the molecule is Cc1cncc(C(=O)N(C)C[C@]2(O)CCCN(c3ccccn3)C2)c1. The number of hydrogen-bond donors (Lipinski definition) is 1. The molecule has 3 heterocycles. The van der Waals surface area contributed by atoms with Crippen LogP contribution in [0.15, 0.2) is 42.9 Å². The van der Waals surface area contributed by atoms with Gasteiger partial charge in [-0.1, -0.05) is 6.07 Å². The van der Waals surface area contributed by atoms with E-state index in [0.29, 0.717) is 18.5 Å². The summed E-state index contributed by atoms with van der Waals surface area (Å²) in [7, 11) is 1.72. The summed E-state index contributed by atoms with van der Waals surface area (Å²) in [5, 5.41) is 11.0. The van der Waals surface area contributed by atoms with Crippen molar-refractivity contribution < 1.29 is 9.90 Å². The second kappa shape index (κ2) is 7.19. The molecule has 1 atom stereocenters. The summed E-state index contributed by atoms with van der Waals surface area (Å²) in [4.78, 5) is 24.7. The maximum atomic E-state index is 12.6. The fourth-order valence-electron chi connectivity index (χ4n) is 3.38. The maximum absolute atomic E-state index is 12.6. The second-order valence-electron chi connectivity index (χ2n) is 6.85. The lowest BCUT2D eigenvalue weighted by Crippen LogP contribution is -2.54. The molecule has 0 unspecified atom stereocenters. The first-order valence-electron chi connectivity index (χ1n) is 8.52. The number of aryl methyl sites for hydroxylation is 1. The number of piperidine rings is 1. The Morgan fingerprint density at radius 3 is 2.96 bits per heavy atom. The van der Waals surface area contributed by atoms with Crippen LogP contribution in [0.5, 0.6) is 0 Å². The largest absolute Gasteiger partial charge is 0.386 e.